The normalized spacial score (nSPS) is 15.7. The Kier molecular flexibility index (Phi) is 8.74. The van der Waals surface area contributed by atoms with Crippen molar-refractivity contribution in [2.24, 2.45) is 0 Å². The lowest BCUT2D eigenvalue weighted by Crippen LogP contribution is -2.44. The van der Waals surface area contributed by atoms with Gasteiger partial charge in [0, 0.05) is 37.3 Å². The molecule has 0 bridgehead atoms. The molecule has 1 fully saturated rings. The molecule has 1 atom stereocenters. The average molecular weight is 554 g/mol. The van der Waals surface area contributed by atoms with Crippen LogP contribution in [-0.2, 0) is 16.1 Å². The summed E-state index contributed by atoms with van der Waals surface area (Å²) in [5.41, 5.74) is 1.04. The summed E-state index contributed by atoms with van der Waals surface area (Å²) < 4.78 is 40.0. The van der Waals surface area contributed by atoms with Gasteiger partial charge < -0.3 is 25.2 Å². The lowest BCUT2D eigenvalue weighted by molar-refractivity contribution is -0.116. The van der Waals surface area contributed by atoms with Gasteiger partial charge in [0.1, 0.15) is 24.4 Å². The minimum Gasteiger partial charge on any atom is -0.493 e. The van der Waals surface area contributed by atoms with Gasteiger partial charge in [-0.25, -0.2) is 18.7 Å². The maximum absolute atomic E-state index is 13.8. The van der Waals surface area contributed by atoms with E-state index >= 15 is 0 Å². The van der Waals surface area contributed by atoms with E-state index in [1.54, 1.807) is 6.20 Å². The Morgan fingerprint density at radius 1 is 1.23 bits per heavy atom. The Morgan fingerprint density at radius 3 is 3.00 bits per heavy atom. The highest BCUT2D eigenvalue weighted by atomic mass is 19.2. The third-order valence-electron chi connectivity index (χ3n) is 6.35. The number of carbonyl (C=O) groups excluding carboxylic acids is 1. The van der Waals surface area contributed by atoms with Gasteiger partial charge in [-0.1, -0.05) is 6.07 Å². The zero-order valence-corrected chi connectivity index (χ0v) is 21.6. The maximum Gasteiger partial charge on any atom is 0.246 e. The molecule has 13 heteroatoms. The molecule has 0 spiro atoms. The predicted molar refractivity (Wildman–Crippen MR) is 143 cm³/mol. The lowest BCUT2D eigenvalue weighted by atomic mass is 10.2. The van der Waals surface area contributed by atoms with Crippen molar-refractivity contribution in [1.82, 2.24) is 24.6 Å². The first kappa shape index (κ1) is 27.4. The first-order valence-electron chi connectivity index (χ1n) is 12.8. The smallest absolute Gasteiger partial charge is 0.246 e. The number of aliphatic hydroxyl groups is 1. The van der Waals surface area contributed by atoms with Crippen LogP contribution in [0.15, 0.2) is 55.1 Å². The molecule has 2 aromatic carbocycles. The van der Waals surface area contributed by atoms with Crippen LogP contribution >= 0.6 is 0 Å². The molecule has 1 amide bonds. The minimum absolute atomic E-state index is 0.0304. The number of nitrogens with one attached hydrogen (secondary N) is 2. The Hall–Kier alpha value is -4.20. The zero-order chi connectivity index (χ0) is 27.9. The lowest BCUT2D eigenvalue weighted by Gasteiger charge is -2.31. The van der Waals surface area contributed by atoms with Crippen molar-refractivity contribution in [3.8, 4) is 5.75 Å². The van der Waals surface area contributed by atoms with Crippen molar-refractivity contribution < 1.29 is 28.2 Å². The standard InChI is InChI=1S/C27H29F2N7O4/c28-22-3-1-4-23(26(22)29)34-25(38)15-36-13-18(12-32-36)33-27-21-6-5-19(11-24(21)30-17-31-27)39-9-2-7-35-8-10-40-20(14-35)16-37/h1,3-6,11-13,17,20,37H,2,7-10,14-16H2,(H,34,38)(H,30,31,33)/t20-/m1/s1. The summed E-state index contributed by atoms with van der Waals surface area (Å²) in [6.07, 6.45) is 5.29. The summed E-state index contributed by atoms with van der Waals surface area (Å²) in [4.78, 5) is 23.2. The molecule has 2 aromatic heterocycles. The predicted octanol–water partition coefficient (Wildman–Crippen LogP) is 2.95. The molecular weight excluding hydrogens is 524 g/mol. The minimum atomic E-state index is -1.12. The summed E-state index contributed by atoms with van der Waals surface area (Å²) in [7, 11) is 0. The van der Waals surface area contributed by atoms with Crippen molar-refractivity contribution in [2.45, 2.75) is 19.1 Å². The van der Waals surface area contributed by atoms with Gasteiger partial charge in [0.25, 0.3) is 0 Å². The molecule has 5 rings (SSSR count). The third kappa shape index (κ3) is 6.86. The van der Waals surface area contributed by atoms with Crippen LogP contribution in [-0.4, -0.2) is 81.2 Å². The molecule has 0 aliphatic carbocycles. The summed E-state index contributed by atoms with van der Waals surface area (Å²) in [6.45, 7) is 3.43. The molecule has 4 aromatic rings. The van der Waals surface area contributed by atoms with Crippen LogP contribution in [0.3, 0.4) is 0 Å². The van der Waals surface area contributed by atoms with E-state index in [4.69, 9.17) is 9.47 Å². The van der Waals surface area contributed by atoms with Crippen molar-refractivity contribution >= 4 is 34.0 Å². The molecule has 1 aliphatic rings. The van der Waals surface area contributed by atoms with Crippen LogP contribution in [0.4, 0.5) is 26.0 Å². The fraction of sp³-hybridized carbons (Fsp3) is 0.333. The van der Waals surface area contributed by atoms with Crippen LogP contribution in [0, 0.1) is 11.6 Å². The van der Waals surface area contributed by atoms with Gasteiger partial charge in [-0.05, 0) is 30.7 Å². The van der Waals surface area contributed by atoms with Crippen molar-refractivity contribution in [2.75, 3.05) is 50.1 Å². The molecule has 3 N–H and O–H groups in total. The molecule has 40 heavy (non-hydrogen) atoms. The van der Waals surface area contributed by atoms with Gasteiger partial charge in [-0.3, -0.25) is 14.4 Å². The van der Waals surface area contributed by atoms with Gasteiger partial charge >= 0.3 is 0 Å². The van der Waals surface area contributed by atoms with Crippen LogP contribution in [0.25, 0.3) is 10.9 Å². The van der Waals surface area contributed by atoms with E-state index in [1.165, 1.54) is 29.3 Å². The zero-order valence-electron chi connectivity index (χ0n) is 21.6. The van der Waals surface area contributed by atoms with E-state index in [9.17, 15) is 18.7 Å². The molecule has 210 valence electrons. The van der Waals surface area contributed by atoms with Crippen LogP contribution < -0.4 is 15.4 Å². The summed E-state index contributed by atoms with van der Waals surface area (Å²) in [5.74, 6) is -1.47. The molecule has 11 nitrogen and oxygen atoms in total. The SMILES string of the molecule is O=C(Cn1cc(Nc2ncnc3cc(OCCCN4CCO[C@@H](CO)C4)ccc23)cn1)Nc1cccc(F)c1F. The molecule has 0 radical (unpaired) electrons. The van der Waals surface area contributed by atoms with Crippen LogP contribution in [0.1, 0.15) is 6.42 Å². The Bertz CT molecular complexity index is 1470. The van der Waals surface area contributed by atoms with Crippen molar-refractivity contribution in [3.63, 3.8) is 0 Å². The van der Waals surface area contributed by atoms with Crippen molar-refractivity contribution in [3.05, 3.63) is 66.8 Å². The van der Waals surface area contributed by atoms with E-state index in [-0.39, 0.29) is 24.9 Å². The van der Waals surface area contributed by atoms with Gasteiger partial charge in [0.05, 0.1) is 49.0 Å². The first-order valence-corrected chi connectivity index (χ1v) is 12.8. The summed E-state index contributed by atoms with van der Waals surface area (Å²) in [5, 5.41) is 19.7. The van der Waals surface area contributed by atoms with Gasteiger partial charge in [0.2, 0.25) is 5.91 Å². The second-order valence-corrected chi connectivity index (χ2v) is 9.28. The van der Waals surface area contributed by atoms with E-state index in [0.29, 0.717) is 36.0 Å². The number of hydrogen-bond donors (Lipinski definition) is 3. The largest absolute Gasteiger partial charge is 0.493 e. The van der Waals surface area contributed by atoms with E-state index in [1.807, 2.05) is 18.2 Å². The number of amides is 1. The van der Waals surface area contributed by atoms with Gasteiger partial charge in [0.15, 0.2) is 11.6 Å². The second kappa shape index (κ2) is 12.8. The number of morpholine rings is 1. The number of hydrogen-bond acceptors (Lipinski definition) is 9. The number of carbonyl (C=O) groups is 1. The number of ether oxygens (including phenoxy) is 2. The Morgan fingerprint density at radius 2 is 2.12 bits per heavy atom. The fourth-order valence-electron chi connectivity index (χ4n) is 4.39. The number of nitrogens with zero attached hydrogens (tertiary/aromatic N) is 5. The molecule has 0 unspecified atom stereocenters. The number of benzene rings is 2. The molecule has 3 heterocycles. The van der Waals surface area contributed by atoms with Crippen LogP contribution in [0.2, 0.25) is 0 Å². The van der Waals surface area contributed by atoms with Gasteiger partial charge in [-0.2, -0.15) is 5.10 Å². The molecule has 1 aliphatic heterocycles. The van der Waals surface area contributed by atoms with E-state index in [2.05, 4.69) is 30.6 Å². The Balaban J connectivity index is 1.15. The maximum atomic E-state index is 13.8. The average Bonchev–Trinajstić information content (AvgIpc) is 3.40. The van der Waals surface area contributed by atoms with Crippen molar-refractivity contribution in [1.29, 1.82) is 0 Å². The topological polar surface area (TPSA) is 127 Å². The highest BCUT2D eigenvalue weighted by Gasteiger charge is 2.19. The number of rotatable bonds is 11. The van der Waals surface area contributed by atoms with Crippen LogP contribution in [0.5, 0.6) is 5.75 Å². The van der Waals surface area contributed by atoms with Gasteiger partial charge in [-0.15, -0.1) is 0 Å². The first-order chi connectivity index (χ1) is 19.5. The molecular formula is C27H29F2N7O4. The monoisotopic (exact) mass is 553 g/mol. The summed E-state index contributed by atoms with van der Waals surface area (Å²) in [6, 6.07) is 9.13. The number of aliphatic hydroxyl groups excluding tert-OH is 1. The Labute approximate surface area is 228 Å². The highest BCUT2D eigenvalue weighted by Crippen LogP contribution is 2.26. The molecule has 1 saturated heterocycles. The number of anilines is 3. The third-order valence-corrected chi connectivity index (χ3v) is 6.35. The van der Waals surface area contributed by atoms with E-state index < -0.39 is 17.5 Å². The molecule has 0 saturated carbocycles. The quantitative estimate of drug-likeness (QED) is 0.240. The highest BCUT2D eigenvalue weighted by molar-refractivity contribution is 5.92. The fourth-order valence-corrected chi connectivity index (χ4v) is 4.39. The number of aromatic nitrogens is 4. The number of halogens is 2. The summed E-state index contributed by atoms with van der Waals surface area (Å²) >= 11 is 0. The second-order valence-electron chi connectivity index (χ2n) is 9.28. The number of fused-ring (bicyclic) bond motifs is 1. The van der Waals surface area contributed by atoms with E-state index in [0.717, 1.165) is 37.5 Å².